The molecule has 0 radical (unpaired) electrons. The Bertz CT molecular complexity index is 453. The van der Waals surface area contributed by atoms with Gasteiger partial charge in [0, 0.05) is 4.47 Å². The third-order valence-corrected chi connectivity index (χ3v) is 5.17. The summed E-state index contributed by atoms with van der Waals surface area (Å²) < 4.78 is 16.5. The van der Waals surface area contributed by atoms with Crippen molar-refractivity contribution < 1.29 is 25.6 Å². The van der Waals surface area contributed by atoms with E-state index in [9.17, 15) is 4.39 Å². The molecule has 0 unspecified atom stereocenters. The van der Waals surface area contributed by atoms with Crippen molar-refractivity contribution >= 4 is 15.9 Å². The van der Waals surface area contributed by atoms with Gasteiger partial charge in [-0.1, -0.05) is 28.1 Å². The lowest BCUT2D eigenvalue weighted by Gasteiger charge is -1.89. The summed E-state index contributed by atoms with van der Waals surface area (Å²) in [5.41, 5.74) is 0. The Morgan fingerprint density at radius 3 is 2.27 bits per heavy atom. The molecule has 0 nitrogen and oxygen atoms in total. The molecule has 0 saturated carbocycles. The van der Waals surface area contributed by atoms with E-state index in [1.54, 1.807) is 6.07 Å². The SMILES string of the molecule is Fc1ccccc1[I+]c1ccc(Br)cc1. The fourth-order valence-electron chi connectivity index (χ4n) is 1.13. The molecule has 0 bridgehead atoms. The van der Waals surface area contributed by atoms with Crippen LogP contribution in [0.2, 0.25) is 0 Å². The Morgan fingerprint density at radius 1 is 0.933 bits per heavy atom. The molecule has 0 aliphatic carbocycles. The van der Waals surface area contributed by atoms with Gasteiger partial charge in [0.05, 0.1) is 0 Å². The maximum atomic E-state index is 13.4. The van der Waals surface area contributed by atoms with E-state index in [0.717, 1.165) is 8.04 Å². The lowest BCUT2D eigenvalue weighted by molar-refractivity contribution is -0.600. The second-order valence-electron chi connectivity index (χ2n) is 2.95. The highest BCUT2D eigenvalue weighted by atomic mass is 127. The maximum absolute atomic E-state index is 13.4. The van der Waals surface area contributed by atoms with Crippen molar-refractivity contribution in [2.45, 2.75) is 0 Å². The highest BCUT2D eigenvalue weighted by Gasteiger charge is 2.19. The predicted octanol–water partition coefficient (Wildman–Crippen LogP) is 0.717. The second-order valence-corrected chi connectivity index (χ2v) is 6.81. The molecule has 0 fully saturated rings. The Balaban J connectivity index is 2.22. The van der Waals surface area contributed by atoms with Crippen LogP contribution in [-0.2, 0) is 0 Å². The zero-order valence-electron chi connectivity index (χ0n) is 7.75. The van der Waals surface area contributed by atoms with Crippen LogP contribution in [-0.4, -0.2) is 0 Å². The van der Waals surface area contributed by atoms with Gasteiger partial charge >= 0.3 is 21.2 Å². The standard InChI is InChI=1S/C12H8BrFI/c13-9-5-7-10(8-6-9)15-12-4-2-1-3-11(12)14/h1-8H/q+1. The van der Waals surface area contributed by atoms with Crippen LogP contribution in [0.5, 0.6) is 0 Å². The molecule has 2 rings (SSSR count). The summed E-state index contributed by atoms with van der Waals surface area (Å²) in [4.78, 5) is 0. The minimum Gasteiger partial charge on any atom is -0.202 e. The van der Waals surface area contributed by atoms with Gasteiger partial charge in [-0.3, -0.25) is 0 Å². The molecule has 2 aromatic carbocycles. The average Bonchev–Trinajstić information content (AvgIpc) is 2.25. The Morgan fingerprint density at radius 2 is 1.60 bits per heavy atom. The van der Waals surface area contributed by atoms with Crippen LogP contribution < -0.4 is 21.2 Å². The van der Waals surface area contributed by atoms with Gasteiger partial charge in [0.2, 0.25) is 3.57 Å². The highest BCUT2D eigenvalue weighted by Crippen LogP contribution is 2.05. The monoisotopic (exact) mass is 377 g/mol. The zero-order valence-corrected chi connectivity index (χ0v) is 11.5. The first-order chi connectivity index (χ1) is 7.25. The largest absolute Gasteiger partial charge is 0.361 e. The molecule has 15 heavy (non-hydrogen) atoms. The Hall–Kier alpha value is -0.420. The minimum atomic E-state index is -0.402. The fraction of sp³-hybridized carbons (Fsp3) is 0. The predicted molar refractivity (Wildman–Crippen MR) is 57.9 cm³/mol. The molecule has 2 aromatic rings. The van der Waals surface area contributed by atoms with E-state index in [0.29, 0.717) is 0 Å². The van der Waals surface area contributed by atoms with Gasteiger partial charge in [0.15, 0.2) is 9.39 Å². The number of benzene rings is 2. The molecule has 76 valence electrons. The molecule has 0 amide bonds. The van der Waals surface area contributed by atoms with E-state index in [2.05, 4.69) is 15.9 Å². The van der Waals surface area contributed by atoms with Crippen molar-refractivity contribution in [3.05, 3.63) is 66.0 Å². The van der Waals surface area contributed by atoms with Gasteiger partial charge in [-0.2, -0.15) is 0 Å². The molecule has 3 heteroatoms. The van der Waals surface area contributed by atoms with Crippen molar-refractivity contribution in [3.8, 4) is 0 Å². The van der Waals surface area contributed by atoms with Gasteiger partial charge in [-0.05, 0) is 36.4 Å². The van der Waals surface area contributed by atoms with E-state index < -0.39 is 21.2 Å². The first kappa shape index (κ1) is 11.1. The van der Waals surface area contributed by atoms with E-state index >= 15 is 0 Å². The highest BCUT2D eigenvalue weighted by molar-refractivity contribution is 9.10. The molecule has 0 saturated heterocycles. The number of hydrogen-bond acceptors (Lipinski definition) is 0. The molecule has 0 N–H and O–H groups in total. The van der Waals surface area contributed by atoms with Crippen LogP contribution in [0, 0.1) is 13.0 Å². The zero-order chi connectivity index (χ0) is 10.7. The summed E-state index contributed by atoms with van der Waals surface area (Å²) >= 11 is 2.98. The molecule has 0 aliphatic heterocycles. The Labute approximate surface area is 107 Å². The molecule has 0 aromatic heterocycles. The smallest absolute Gasteiger partial charge is 0.202 e. The number of hydrogen-bond donors (Lipinski definition) is 0. The molecule has 0 aliphatic rings. The van der Waals surface area contributed by atoms with Crippen molar-refractivity contribution in [3.63, 3.8) is 0 Å². The van der Waals surface area contributed by atoms with Crippen LogP contribution in [0.4, 0.5) is 4.39 Å². The third kappa shape index (κ3) is 3.01. The Kier molecular flexibility index (Phi) is 3.75. The summed E-state index contributed by atoms with van der Waals surface area (Å²) in [7, 11) is 0. The maximum Gasteiger partial charge on any atom is 0.361 e. The van der Waals surface area contributed by atoms with Crippen molar-refractivity contribution in [1.82, 2.24) is 0 Å². The van der Waals surface area contributed by atoms with Gasteiger partial charge < -0.3 is 0 Å². The van der Waals surface area contributed by atoms with Gasteiger partial charge in [-0.25, -0.2) is 4.39 Å². The van der Waals surface area contributed by atoms with E-state index in [1.165, 1.54) is 9.64 Å². The number of rotatable bonds is 2. The summed E-state index contributed by atoms with van der Waals surface area (Å²) in [6.45, 7) is 0. The molecule has 0 atom stereocenters. The van der Waals surface area contributed by atoms with Crippen LogP contribution in [0.3, 0.4) is 0 Å². The minimum absolute atomic E-state index is 0.0896. The lowest BCUT2D eigenvalue weighted by Crippen LogP contribution is -3.61. The quantitative estimate of drug-likeness (QED) is 0.676. The summed E-state index contributed by atoms with van der Waals surface area (Å²) in [6, 6.07) is 15.1. The first-order valence-electron chi connectivity index (χ1n) is 4.40. The molecule has 0 heterocycles. The van der Waals surface area contributed by atoms with Crippen LogP contribution in [0.25, 0.3) is 0 Å². The van der Waals surface area contributed by atoms with Gasteiger partial charge in [0.1, 0.15) is 0 Å². The molecule has 0 spiro atoms. The van der Waals surface area contributed by atoms with Crippen molar-refractivity contribution in [2.75, 3.05) is 0 Å². The van der Waals surface area contributed by atoms with Crippen LogP contribution in [0.1, 0.15) is 0 Å². The lowest BCUT2D eigenvalue weighted by atomic mass is 10.4. The normalized spacial score (nSPS) is 10.3. The summed E-state index contributed by atoms with van der Waals surface area (Å²) in [5.74, 6) is -0.0896. The number of halogens is 3. The van der Waals surface area contributed by atoms with Crippen LogP contribution in [0.15, 0.2) is 53.0 Å². The van der Waals surface area contributed by atoms with E-state index in [1.807, 2.05) is 36.4 Å². The molecular formula is C12H8BrFI+. The summed E-state index contributed by atoms with van der Waals surface area (Å²) in [5, 5.41) is 0. The average molecular weight is 378 g/mol. The van der Waals surface area contributed by atoms with Crippen molar-refractivity contribution in [1.29, 1.82) is 0 Å². The third-order valence-electron chi connectivity index (χ3n) is 1.84. The summed E-state index contributed by atoms with van der Waals surface area (Å²) in [6.07, 6.45) is 0. The van der Waals surface area contributed by atoms with Gasteiger partial charge in [0.25, 0.3) is 0 Å². The molecular weight excluding hydrogens is 370 g/mol. The van der Waals surface area contributed by atoms with E-state index in [4.69, 9.17) is 0 Å². The second kappa shape index (κ2) is 5.07. The first-order valence-corrected chi connectivity index (χ1v) is 7.36. The van der Waals surface area contributed by atoms with Gasteiger partial charge in [-0.15, -0.1) is 0 Å². The van der Waals surface area contributed by atoms with Crippen molar-refractivity contribution in [2.24, 2.45) is 0 Å². The fourth-order valence-corrected chi connectivity index (χ4v) is 3.61. The topological polar surface area (TPSA) is 0 Å². The van der Waals surface area contributed by atoms with E-state index in [-0.39, 0.29) is 5.82 Å². The van der Waals surface area contributed by atoms with Crippen LogP contribution >= 0.6 is 15.9 Å².